The lowest BCUT2D eigenvalue weighted by Crippen LogP contribution is -2.27. The lowest BCUT2D eigenvalue weighted by Gasteiger charge is -2.14. The van der Waals surface area contributed by atoms with Gasteiger partial charge in [0.1, 0.15) is 5.75 Å². The highest BCUT2D eigenvalue weighted by atomic mass is 35.5. The van der Waals surface area contributed by atoms with Gasteiger partial charge in [-0.3, -0.25) is 4.79 Å². The van der Waals surface area contributed by atoms with Crippen LogP contribution in [0.5, 0.6) is 5.75 Å². The van der Waals surface area contributed by atoms with Crippen LogP contribution in [0.25, 0.3) is 11.1 Å². The second-order valence-electron chi connectivity index (χ2n) is 5.56. The fourth-order valence-electron chi connectivity index (χ4n) is 2.58. The highest BCUT2D eigenvalue weighted by Crippen LogP contribution is 2.32. The molecular weight excluding hydrogens is 361 g/mol. The molecule has 134 valence electrons. The van der Waals surface area contributed by atoms with Crippen molar-refractivity contribution in [3.63, 3.8) is 0 Å². The minimum atomic E-state index is -0.263. The van der Waals surface area contributed by atoms with E-state index in [-0.39, 0.29) is 18.4 Å². The maximum atomic E-state index is 11.6. The van der Waals surface area contributed by atoms with E-state index in [2.05, 4.69) is 4.84 Å². The first-order valence-corrected chi connectivity index (χ1v) is 8.77. The molecule has 25 heavy (non-hydrogen) atoms. The van der Waals surface area contributed by atoms with Crippen LogP contribution >= 0.6 is 23.4 Å². The number of esters is 1. The van der Waals surface area contributed by atoms with Crippen molar-refractivity contribution < 1.29 is 14.3 Å². The quantitative estimate of drug-likeness (QED) is 0.535. The van der Waals surface area contributed by atoms with Gasteiger partial charge in [-0.1, -0.05) is 35.9 Å². The lowest BCUT2D eigenvalue weighted by atomic mass is 9.99. The second kappa shape index (κ2) is 9.66. The highest BCUT2D eigenvalue weighted by Gasteiger charge is 2.15. The molecule has 2 aromatic carbocycles. The molecule has 0 spiro atoms. The predicted molar refractivity (Wildman–Crippen MR) is 101 cm³/mol. The van der Waals surface area contributed by atoms with E-state index in [0.29, 0.717) is 18.1 Å². The Labute approximate surface area is 158 Å². The number of nitrogens with one attached hydrogen (secondary N) is 1. The summed E-state index contributed by atoms with van der Waals surface area (Å²) in [5.74, 6) is 0.501. The summed E-state index contributed by atoms with van der Waals surface area (Å²) in [6.45, 7) is 2.15. The molecule has 6 heteroatoms. The van der Waals surface area contributed by atoms with Gasteiger partial charge >= 0.3 is 5.97 Å². The Hall–Kier alpha value is -1.75. The molecular formula is C19H21Cl2NO3. The Kier molecular flexibility index (Phi) is 7.56. The number of rotatable bonds is 8. The third-order valence-electron chi connectivity index (χ3n) is 3.78. The zero-order chi connectivity index (χ0) is 18.2. The average Bonchev–Trinajstić information content (AvgIpc) is 2.62. The second-order valence-corrected chi connectivity index (χ2v) is 6.22. The first-order valence-electron chi connectivity index (χ1n) is 8.02. The third kappa shape index (κ3) is 5.63. The molecule has 1 atom stereocenters. The van der Waals surface area contributed by atoms with Crippen LogP contribution in [0.15, 0.2) is 42.5 Å². The van der Waals surface area contributed by atoms with Crippen molar-refractivity contribution in [1.29, 1.82) is 0 Å². The average molecular weight is 382 g/mol. The van der Waals surface area contributed by atoms with Gasteiger partial charge < -0.3 is 9.47 Å². The monoisotopic (exact) mass is 381 g/mol. The minimum Gasteiger partial charge on any atom is -0.496 e. The number of carbonyl (C=O) groups is 1. The molecule has 0 saturated heterocycles. The van der Waals surface area contributed by atoms with Crippen LogP contribution in [0.1, 0.15) is 18.9 Å². The maximum Gasteiger partial charge on any atom is 0.307 e. The molecule has 0 fully saturated rings. The molecule has 0 saturated carbocycles. The van der Waals surface area contributed by atoms with E-state index >= 15 is 0 Å². The summed E-state index contributed by atoms with van der Waals surface area (Å²) in [6.07, 6.45) is 0.844. The van der Waals surface area contributed by atoms with Crippen LogP contribution in [-0.4, -0.2) is 25.7 Å². The standard InChI is InChI=1S/C19H21Cl2NO3/c1-3-25-19(23)12-16(22-21)10-13-4-6-14(7-5-13)17-11-15(20)8-9-18(17)24-2/h4-9,11,16,22H,3,10,12H2,1-2H3/t16-/m1/s1. The van der Waals surface area contributed by atoms with E-state index in [1.807, 2.05) is 36.4 Å². The largest absolute Gasteiger partial charge is 0.496 e. The molecule has 0 unspecified atom stereocenters. The van der Waals surface area contributed by atoms with Crippen LogP contribution in [-0.2, 0) is 16.0 Å². The fourth-order valence-corrected chi connectivity index (χ4v) is 2.91. The smallest absolute Gasteiger partial charge is 0.307 e. The SMILES string of the molecule is CCOC(=O)C[C@@H](Cc1ccc(-c2cc(Cl)ccc2OC)cc1)NCl. The van der Waals surface area contributed by atoms with Crippen molar-refractivity contribution in [2.45, 2.75) is 25.8 Å². The molecule has 0 amide bonds. The van der Waals surface area contributed by atoms with E-state index in [1.54, 1.807) is 20.1 Å². The number of benzene rings is 2. The summed E-state index contributed by atoms with van der Waals surface area (Å²) in [4.78, 5) is 14.2. The van der Waals surface area contributed by atoms with Crippen LogP contribution in [0.4, 0.5) is 0 Å². The van der Waals surface area contributed by atoms with E-state index < -0.39 is 0 Å². The summed E-state index contributed by atoms with van der Waals surface area (Å²) in [5, 5.41) is 0.653. The minimum absolute atomic E-state index is 0.188. The molecule has 2 aromatic rings. The Bertz CT molecular complexity index is 704. The molecule has 0 aliphatic heterocycles. The van der Waals surface area contributed by atoms with Crippen LogP contribution in [0.2, 0.25) is 5.02 Å². The Morgan fingerprint density at radius 1 is 1.20 bits per heavy atom. The normalized spacial score (nSPS) is 11.8. The molecule has 0 aliphatic rings. The zero-order valence-electron chi connectivity index (χ0n) is 14.2. The van der Waals surface area contributed by atoms with E-state index in [9.17, 15) is 4.79 Å². The molecule has 0 radical (unpaired) electrons. The summed E-state index contributed by atoms with van der Waals surface area (Å²) in [5.41, 5.74) is 3.00. The Balaban J connectivity index is 2.11. The summed E-state index contributed by atoms with van der Waals surface area (Å²) < 4.78 is 10.4. The highest BCUT2D eigenvalue weighted by molar-refractivity contribution is 6.31. The lowest BCUT2D eigenvalue weighted by molar-refractivity contribution is -0.143. The van der Waals surface area contributed by atoms with Gasteiger partial charge in [-0.15, -0.1) is 0 Å². The van der Waals surface area contributed by atoms with Crippen LogP contribution < -0.4 is 9.57 Å². The first-order chi connectivity index (χ1) is 12.1. The van der Waals surface area contributed by atoms with Crippen molar-refractivity contribution in [2.75, 3.05) is 13.7 Å². The molecule has 1 N–H and O–H groups in total. The van der Waals surface area contributed by atoms with Gasteiger partial charge in [0.15, 0.2) is 0 Å². The van der Waals surface area contributed by atoms with Gasteiger partial charge in [0, 0.05) is 16.6 Å². The number of hydrogen-bond acceptors (Lipinski definition) is 4. The van der Waals surface area contributed by atoms with Gasteiger partial charge in [0.05, 0.1) is 20.1 Å². The van der Waals surface area contributed by atoms with Crippen molar-refractivity contribution in [2.24, 2.45) is 0 Å². The molecule has 0 heterocycles. The summed E-state index contributed by atoms with van der Waals surface area (Å²) in [7, 11) is 1.63. The third-order valence-corrected chi connectivity index (χ3v) is 4.32. The van der Waals surface area contributed by atoms with Crippen molar-refractivity contribution in [1.82, 2.24) is 4.84 Å². The van der Waals surface area contributed by atoms with Gasteiger partial charge in [-0.05, 0) is 54.4 Å². The Morgan fingerprint density at radius 2 is 1.92 bits per heavy atom. The number of hydrogen-bond donors (Lipinski definition) is 1. The van der Waals surface area contributed by atoms with Crippen LogP contribution in [0, 0.1) is 0 Å². The summed E-state index contributed by atoms with van der Waals surface area (Å²) >= 11 is 11.9. The van der Waals surface area contributed by atoms with E-state index in [4.69, 9.17) is 32.9 Å². The number of carbonyl (C=O) groups excluding carboxylic acids is 1. The molecule has 0 bridgehead atoms. The van der Waals surface area contributed by atoms with Gasteiger partial charge in [0.25, 0.3) is 0 Å². The van der Waals surface area contributed by atoms with Gasteiger partial charge in [0.2, 0.25) is 0 Å². The van der Waals surface area contributed by atoms with Crippen molar-refractivity contribution in [3.8, 4) is 16.9 Å². The molecule has 4 nitrogen and oxygen atoms in total. The van der Waals surface area contributed by atoms with Crippen LogP contribution in [0.3, 0.4) is 0 Å². The molecule has 2 rings (SSSR count). The predicted octanol–water partition coefficient (Wildman–Crippen LogP) is 4.62. The van der Waals surface area contributed by atoms with E-state index in [1.165, 1.54) is 0 Å². The summed E-state index contributed by atoms with van der Waals surface area (Å²) in [6, 6.07) is 13.3. The van der Waals surface area contributed by atoms with Crippen molar-refractivity contribution >= 4 is 29.3 Å². The van der Waals surface area contributed by atoms with Crippen molar-refractivity contribution in [3.05, 3.63) is 53.1 Å². The number of ether oxygens (including phenoxy) is 2. The van der Waals surface area contributed by atoms with E-state index in [0.717, 1.165) is 22.4 Å². The Morgan fingerprint density at radius 3 is 2.52 bits per heavy atom. The topological polar surface area (TPSA) is 47.6 Å². The molecule has 0 aliphatic carbocycles. The molecule has 0 aromatic heterocycles. The first kappa shape index (κ1) is 19.6. The number of methoxy groups -OCH3 is 1. The van der Waals surface area contributed by atoms with Gasteiger partial charge in [-0.25, -0.2) is 4.84 Å². The van der Waals surface area contributed by atoms with Gasteiger partial charge in [-0.2, -0.15) is 0 Å². The maximum absolute atomic E-state index is 11.6. The zero-order valence-corrected chi connectivity index (χ0v) is 15.7. The fraction of sp³-hybridized carbons (Fsp3) is 0.316. The number of halogens is 2.